The summed E-state index contributed by atoms with van der Waals surface area (Å²) in [6, 6.07) is -0.620. The van der Waals surface area contributed by atoms with E-state index in [2.05, 4.69) is 20.8 Å². The highest BCUT2D eigenvalue weighted by Gasteiger charge is 2.42. The summed E-state index contributed by atoms with van der Waals surface area (Å²) in [5.74, 6) is 0.460. The minimum Gasteiger partial charge on any atom is -0.379 e. The van der Waals surface area contributed by atoms with Gasteiger partial charge in [-0.05, 0) is 6.90 Å². The molecule has 1 aliphatic rings. The Bertz CT molecular complexity index is 296. The second-order valence-corrected chi connectivity index (χ2v) is 9.45. The third kappa shape index (κ3) is 6.55. The van der Waals surface area contributed by atoms with Crippen molar-refractivity contribution in [2.75, 3.05) is 12.6 Å². The van der Waals surface area contributed by atoms with E-state index in [1.807, 2.05) is 0 Å². The normalized spacial score (nSPS) is 34.3. The van der Waals surface area contributed by atoms with Gasteiger partial charge < -0.3 is 18.9 Å². The molecule has 1 heterocycles. The first-order valence-corrected chi connectivity index (χ1v) is 9.94. The van der Waals surface area contributed by atoms with Crippen LogP contribution in [0.3, 0.4) is 0 Å². The lowest BCUT2D eigenvalue weighted by molar-refractivity contribution is 0.0141. The molecule has 0 saturated carbocycles. The SMILES string of the molecule is [2H]CC1OC([B])C(OCSSC(C)(C)C)C1OP(C)O. The Morgan fingerprint density at radius 2 is 2.16 bits per heavy atom. The van der Waals surface area contributed by atoms with Gasteiger partial charge in [-0.2, -0.15) is 0 Å². The van der Waals surface area contributed by atoms with Crippen LogP contribution in [0.4, 0.5) is 0 Å². The molecule has 0 aromatic heterocycles. The fraction of sp³-hybridized carbons (Fsp3) is 1.00. The minimum atomic E-state index is -1.54. The molecule has 5 unspecified atom stereocenters. The van der Waals surface area contributed by atoms with Crippen LogP contribution in [0.15, 0.2) is 0 Å². The second kappa shape index (κ2) is 7.88. The first-order valence-electron chi connectivity index (χ1n) is 6.67. The van der Waals surface area contributed by atoms with E-state index in [1.165, 1.54) is 0 Å². The molecule has 1 saturated heterocycles. The highest BCUT2D eigenvalue weighted by atomic mass is 33.1. The Morgan fingerprint density at radius 1 is 1.47 bits per heavy atom. The molecular formula is C11H22BO4PS2. The van der Waals surface area contributed by atoms with Crippen molar-refractivity contribution in [2.45, 2.75) is 56.7 Å². The first-order chi connectivity index (χ1) is 9.24. The van der Waals surface area contributed by atoms with Gasteiger partial charge in [-0.3, -0.25) is 0 Å². The van der Waals surface area contributed by atoms with E-state index >= 15 is 0 Å². The van der Waals surface area contributed by atoms with Crippen LogP contribution >= 0.6 is 30.0 Å². The third-order valence-corrected chi connectivity index (χ3v) is 5.78. The monoisotopic (exact) mass is 325 g/mol. The zero-order chi connectivity index (χ0) is 15.3. The molecule has 0 aliphatic carbocycles. The second-order valence-electron chi connectivity index (χ2n) is 5.24. The van der Waals surface area contributed by atoms with Crippen molar-refractivity contribution in [3.8, 4) is 0 Å². The van der Waals surface area contributed by atoms with Crippen LogP contribution < -0.4 is 0 Å². The Balaban J connectivity index is 2.47. The lowest BCUT2D eigenvalue weighted by Crippen LogP contribution is -2.36. The van der Waals surface area contributed by atoms with Crippen molar-refractivity contribution in [1.82, 2.24) is 0 Å². The van der Waals surface area contributed by atoms with E-state index in [0.29, 0.717) is 5.94 Å². The molecule has 0 aromatic rings. The van der Waals surface area contributed by atoms with E-state index in [4.69, 9.17) is 23.2 Å². The molecule has 110 valence electrons. The van der Waals surface area contributed by atoms with Crippen molar-refractivity contribution in [3.05, 3.63) is 0 Å². The van der Waals surface area contributed by atoms with Gasteiger partial charge >= 0.3 is 0 Å². The van der Waals surface area contributed by atoms with E-state index in [0.717, 1.165) is 0 Å². The molecular weight excluding hydrogens is 302 g/mol. The van der Waals surface area contributed by atoms with Crippen LogP contribution in [-0.2, 0) is 14.0 Å². The number of ether oxygens (including phenoxy) is 2. The Morgan fingerprint density at radius 3 is 2.68 bits per heavy atom. The van der Waals surface area contributed by atoms with Crippen molar-refractivity contribution in [3.63, 3.8) is 0 Å². The predicted molar refractivity (Wildman–Crippen MR) is 84.7 cm³/mol. The summed E-state index contributed by atoms with van der Waals surface area (Å²) in [5, 5.41) is 0. The van der Waals surface area contributed by atoms with Gasteiger partial charge in [0, 0.05) is 18.8 Å². The molecule has 4 nitrogen and oxygen atoms in total. The Kier molecular flexibility index (Phi) is 6.80. The topological polar surface area (TPSA) is 47.9 Å². The lowest BCUT2D eigenvalue weighted by atomic mass is 9.93. The van der Waals surface area contributed by atoms with E-state index < -0.39 is 32.7 Å². The van der Waals surface area contributed by atoms with Crippen molar-refractivity contribution in [2.24, 2.45) is 0 Å². The Labute approximate surface area is 127 Å². The van der Waals surface area contributed by atoms with Crippen LogP contribution in [0, 0.1) is 0 Å². The zero-order valence-corrected chi connectivity index (χ0v) is 14.3. The zero-order valence-electron chi connectivity index (χ0n) is 12.7. The summed E-state index contributed by atoms with van der Waals surface area (Å²) in [4.78, 5) is 9.43. The summed E-state index contributed by atoms with van der Waals surface area (Å²) in [6.07, 6.45) is -1.38. The van der Waals surface area contributed by atoms with Crippen LogP contribution in [0.25, 0.3) is 0 Å². The van der Waals surface area contributed by atoms with Gasteiger partial charge in [-0.15, -0.1) is 0 Å². The summed E-state index contributed by atoms with van der Waals surface area (Å²) >= 11 is 0. The molecule has 0 amide bonds. The highest BCUT2D eigenvalue weighted by Crippen LogP contribution is 2.38. The van der Waals surface area contributed by atoms with Crippen molar-refractivity contribution < 1.29 is 20.3 Å². The van der Waals surface area contributed by atoms with Crippen molar-refractivity contribution >= 4 is 37.8 Å². The standard InChI is InChI=1S/C11H22BO4PS2/c1-7-8(16-17(5)13)9(10(12)15-7)14-6-18-19-11(2,3)4/h7-10,13H,6H2,1-5H3/i1D. The van der Waals surface area contributed by atoms with E-state index in [9.17, 15) is 4.89 Å². The molecule has 8 heteroatoms. The number of hydrogen-bond acceptors (Lipinski definition) is 6. The van der Waals surface area contributed by atoms with Gasteiger partial charge in [0.1, 0.15) is 26.0 Å². The smallest absolute Gasteiger partial charge is 0.164 e. The summed E-state index contributed by atoms with van der Waals surface area (Å²) in [5.41, 5.74) is 0. The summed E-state index contributed by atoms with van der Waals surface area (Å²) in [7, 11) is 7.67. The van der Waals surface area contributed by atoms with Crippen LogP contribution in [-0.4, -0.2) is 54.4 Å². The van der Waals surface area contributed by atoms with Crippen LogP contribution in [0.2, 0.25) is 0 Å². The average molecular weight is 325 g/mol. The molecule has 5 atom stereocenters. The maximum atomic E-state index is 9.43. The fourth-order valence-electron chi connectivity index (χ4n) is 1.56. The highest BCUT2D eigenvalue weighted by molar-refractivity contribution is 8.77. The molecule has 1 fully saturated rings. The molecule has 1 aliphatic heterocycles. The van der Waals surface area contributed by atoms with Gasteiger partial charge in [0.2, 0.25) is 0 Å². The third-order valence-electron chi connectivity index (χ3n) is 2.24. The molecule has 0 spiro atoms. The summed E-state index contributed by atoms with van der Waals surface area (Å²) < 4.78 is 24.3. The van der Waals surface area contributed by atoms with Crippen LogP contribution in [0.5, 0.6) is 0 Å². The fourth-order valence-corrected chi connectivity index (χ4v) is 4.15. The lowest BCUT2D eigenvalue weighted by Gasteiger charge is -2.24. The van der Waals surface area contributed by atoms with Gasteiger partial charge in [0.05, 0.1) is 6.10 Å². The molecule has 19 heavy (non-hydrogen) atoms. The van der Waals surface area contributed by atoms with E-state index in [-0.39, 0.29) is 11.6 Å². The number of rotatable bonds is 6. The van der Waals surface area contributed by atoms with Gasteiger partial charge in [-0.25, -0.2) is 0 Å². The largest absolute Gasteiger partial charge is 0.379 e. The quantitative estimate of drug-likeness (QED) is 0.266. The van der Waals surface area contributed by atoms with Gasteiger partial charge in [-0.1, -0.05) is 42.4 Å². The van der Waals surface area contributed by atoms with Crippen LogP contribution in [0.1, 0.15) is 29.0 Å². The molecule has 1 rings (SSSR count). The minimum absolute atomic E-state index is 0.0330. The van der Waals surface area contributed by atoms with Crippen molar-refractivity contribution in [1.29, 1.82) is 0 Å². The Hall–Kier alpha value is 1.03. The molecule has 0 aromatic carbocycles. The summed E-state index contributed by atoms with van der Waals surface area (Å²) in [6.45, 7) is 8.01. The molecule has 1 N–H and O–H groups in total. The maximum Gasteiger partial charge on any atom is 0.164 e. The molecule has 0 bridgehead atoms. The van der Waals surface area contributed by atoms with Gasteiger partial charge in [0.15, 0.2) is 8.38 Å². The van der Waals surface area contributed by atoms with Gasteiger partial charge in [0.25, 0.3) is 0 Å². The molecule has 2 radical (unpaired) electrons. The predicted octanol–water partition coefficient (Wildman–Crippen LogP) is 2.74. The maximum absolute atomic E-state index is 9.43. The average Bonchev–Trinajstić information content (AvgIpc) is 2.60. The first kappa shape index (κ1) is 16.4. The van der Waals surface area contributed by atoms with E-state index in [1.54, 1.807) is 28.3 Å². The number of hydrogen-bond donors (Lipinski definition) is 1.